The Morgan fingerprint density at radius 2 is 2.35 bits per heavy atom. The van der Waals surface area contributed by atoms with Crippen LogP contribution in [0.5, 0.6) is 0 Å². The molecule has 2 aromatic rings. The minimum Gasteiger partial charge on any atom is -0.469 e. The first-order valence-electron chi connectivity index (χ1n) is 5.84. The number of halogens is 1. The van der Waals surface area contributed by atoms with E-state index in [1.165, 1.54) is 7.11 Å². The van der Waals surface area contributed by atoms with Gasteiger partial charge in [0.2, 0.25) is 5.89 Å². The second-order valence-corrected chi connectivity index (χ2v) is 7.54. The summed E-state index contributed by atoms with van der Waals surface area (Å²) in [5.41, 5.74) is 0. The molecule has 0 saturated carbocycles. The maximum Gasteiger partial charge on any atom is 0.309 e. The van der Waals surface area contributed by atoms with Crippen molar-refractivity contribution < 1.29 is 13.9 Å². The molecule has 108 valence electrons. The maximum atomic E-state index is 11.3. The van der Waals surface area contributed by atoms with Crippen molar-refractivity contribution in [1.82, 2.24) is 10.2 Å². The zero-order valence-electron chi connectivity index (χ0n) is 11.0. The number of thiophene rings is 1. The molecule has 2 aromatic heterocycles. The van der Waals surface area contributed by atoms with E-state index in [4.69, 9.17) is 4.42 Å². The summed E-state index contributed by atoms with van der Waals surface area (Å²) in [5, 5.41) is 8.02. The summed E-state index contributed by atoms with van der Waals surface area (Å²) in [6, 6.07) is 3.87. The number of methoxy groups -OCH3 is 1. The molecule has 0 aliphatic rings. The molecule has 0 aliphatic carbocycles. The fraction of sp³-hybridized carbons (Fsp3) is 0.417. The van der Waals surface area contributed by atoms with Gasteiger partial charge in [-0.3, -0.25) is 4.79 Å². The van der Waals surface area contributed by atoms with E-state index >= 15 is 0 Å². The quantitative estimate of drug-likeness (QED) is 0.717. The smallest absolute Gasteiger partial charge is 0.309 e. The molecule has 0 saturated heterocycles. The first-order valence-corrected chi connectivity index (χ1v) is 8.60. The number of thioether (sulfide) groups is 1. The largest absolute Gasteiger partial charge is 0.469 e. The lowest BCUT2D eigenvalue weighted by atomic mass is 10.2. The second kappa shape index (κ2) is 7.24. The average molecular weight is 377 g/mol. The third kappa shape index (κ3) is 4.07. The van der Waals surface area contributed by atoms with Crippen molar-refractivity contribution in [2.45, 2.75) is 12.7 Å². The van der Waals surface area contributed by atoms with Crippen LogP contribution in [0.2, 0.25) is 0 Å². The van der Waals surface area contributed by atoms with Crippen molar-refractivity contribution in [3.63, 3.8) is 0 Å². The Hall–Kier alpha value is -0.860. The zero-order valence-corrected chi connectivity index (χ0v) is 14.2. The van der Waals surface area contributed by atoms with Gasteiger partial charge in [0.25, 0.3) is 5.89 Å². The van der Waals surface area contributed by atoms with Crippen molar-refractivity contribution in [3.05, 3.63) is 21.8 Å². The predicted molar refractivity (Wildman–Crippen MR) is 82.7 cm³/mol. The molecule has 20 heavy (non-hydrogen) atoms. The van der Waals surface area contributed by atoms with Crippen LogP contribution in [-0.4, -0.2) is 29.0 Å². The number of aromatic nitrogens is 2. The summed E-state index contributed by atoms with van der Waals surface area (Å²) in [6.45, 7) is 1.83. The summed E-state index contributed by atoms with van der Waals surface area (Å²) < 4.78 is 11.3. The third-order valence-corrected chi connectivity index (χ3v) is 5.25. The first-order chi connectivity index (χ1) is 9.60. The first kappa shape index (κ1) is 15.5. The molecule has 0 radical (unpaired) electrons. The van der Waals surface area contributed by atoms with Crippen molar-refractivity contribution in [2.24, 2.45) is 5.92 Å². The SMILES string of the molecule is COC(=O)C(C)CSCc1nnc(-c2ccc(Br)s2)o1. The van der Waals surface area contributed by atoms with Crippen molar-refractivity contribution in [1.29, 1.82) is 0 Å². The molecule has 0 fully saturated rings. The lowest BCUT2D eigenvalue weighted by molar-refractivity contribution is -0.143. The molecule has 0 N–H and O–H groups in total. The lowest BCUT2D eigenvalue weighted by Crippen LogP contribution is -2.14. The van der Waals surface area contributed by atoms with E-state index in [9.17, 15) is 4.79 Å². The van der Waals surface area contributed by atoms with E-state index in [2.05, 4.69) is 30.9 Å². The van der Waals surface area contributed by atoms with E-state index in [0.717, 1.165) is 8.66 Å². The molecular weight excluding hydrogens is 364 g/mol. The van der Waals surface area contributed by atoms with Gasteiger partial charge in [0.05, 0.1) is 27.4 Å². The van der Waals surface area contributed by atoms with Crippen molar-refractivity contribution in [3.8, 4) is 10.8 Å². The van der Waals surface area contributed by atoms with Crippen molar-refractivity contribution >= 4 is 45.0 Å². The minimum atomic E-state index is -0.202. The number of rotatable bonds is 6. The van der Waals surface area contributed by atoms with E-state index in [1.54, 1.807) is 23.1 Å². The highest BCUT2D eigenvalue weighted by Crippen LogP contribution is 2.30. The fourth-order valence-electron chi connectivity index (χ4n) is 1.43. The van der Waals surface area contributed by atoms with E-state index < -0.39 is 0 Å². The Kier molecular flexibility index (Phi) is 5.62. The Morgan fingerprint density at radius 3 is 3.00 bits per heavy atom. The third-order valence-electron chi connectivity index (χ3n) is 2.45. The van der Waals surface area contributed by atoms with Gasteiger partial charge in [-0.1, -0.05) is 6.92 Å². The summed E-state index contributed by atoms with van der Waals surface area (Å²) in [5.74, 6) is 1.99. The van der Waals surface area contributed by atoms with Gasteiger partial charge in [-0.05, 0) is 28.1 Å². The molecule has 5 nitrogen and oxygen atoms in total. The highest BCUT2D eigenvalue weighted by atomic mass is 79.9. The predicted octanol–water partition coefficient (Wildman–Crippen LogP) is 3.60. The number of hydrogen-bond acceptors (Lipinski definition) is 7. The van der Waals surface area contributed by atoms with Gasteiger partial charge in [-0.2, -0.15) is 11.8 Å². The fourth-order valence-corrected chi connectivity index (χ4v) is 3.64. The van der Waals surface area contributed by atoms with Gasteiger partial charge in [0.15, 0.2) is 0 Å². The topological polar surface area (TPSA) is 65.2 Å². The zero-order chi connectivity index (χ0) is 14.5. The normalized spacial score (nSPS) is 12.3. The monoisotopic (exact) mass is 376 g/mol. The molecular formula is C12H13BrN2O3S2. The molecule has 2 rings (SSSR count). The van der Waals surface area contributed by atoms with Crippen molar-refractivity contribution in [2.75, 3.05) is 12.9 Å². The van der Waals surface area contributed by atoms with Gasteiger partial charge in [-0.25, -0.2) is 0 Å². The van der Waals surface area contributed by atoms with E-state index in [-0.39, 0.29) is 11.9 Å². The number of esters is 1. The highest BCUT2D eigenvalue weighted by molar-refractivity contribution is 9.11. The Bertz CT molecular complexity index is 585. The molecule has 0 aromatic carbocycles. The standard InChI is InChI=1S/C12H13BrN2O3S2/c1-7(12(16)17-2)5-19-6-10-14-15-11(18-10)8-3-4-9(13)20-8/h3-4,7H,5-6H2,1-2H3. The van der Waals surface area contributed by atoms with Crippen LogP contribution < -0.4 is 0 Å². The summed E-state index contributed by atoms with van der Waals surface area (Å²) in [4.78, 5) is 12.2. The van der Waals surface area contributed by atoms with Crippen LogP contribution in [0.1, 0.15) is 12.8 Å². The van der Waals surface area contributed by atoms with Gasteiger partial charge in [0, 0.05) is 5.75 Å². The Balaban J connectivity index is 1.86. The number of hydrogen-bond donors (Lipinski definition) is 0. The van der Waals surface area contributed by atoms with Crippen LogP contribution >= 0.6 is 39.0 Å². The summed E-state index contributed by atoms with van der Waals surface area (Å²) in [7, 11) is 1.40. The van der Waals surface area contributed by atoms with Crippen LogP contribution in [0.4, 0.5) is 0 Å². The van der Waals surface area contributed by atoms with E-state index in [0.29, 0.717) is 23.3 Å². The maximum absolute atomic E-state index is 11.3. The number of carbonyl (C=O) groups is 1. The Morgan fingerprint density at radius 1 is 1.55 bits per heavy atom. The average Bonchev–Trinajstić information content (AvgIpc) is 3.06. The Labute approximate surface area is 133 Å². The molecule has 1 atom stereocenters. The summed E-state index contributed by atoms with van der Waals surface area (Å²) >= 11 is 6.51. The molecule has 0 amide bonds. The number of carbonyl (C=O) groups excluding carboxylic acids is 1. The van der Waals surface area contributed by atoms with Crippen LogP contribution in [0.3, 0.4) is 0 Å². The van der Waals surface area contributed by atoms with E-state index in [1.807, 2.05) is 19.1 Å². The highest BCUT2D eigenvalue weighted by Gasteiger charge is 2.15. The van der Waals surface area contributed by atoms with Gasteiger partial charge in [0.1, 0.15) is 0 Å². The second-order valence-electron chi connectivity index (χ2n) is 4.04. The minimum absolute atomic E-state index is 0.138. The number of nitrogens with zero attached hydrogens (tertiary/aromatic N) is 2. The van der Waals surface area contributed by atoms with Gasteiger partial charge in [-0.15, -0.1) is 21.5 Å². The molecule has 2 heterocycles. The van der Waals surface area contributed by atoms with Crippen LogP contribution in [0, 0.1) is 5.92 Å². The molecule has 0 spiro atoms. The van der Waals surface area contributed by atoms with Crippen LogP contribution in [0.15, 0.2) is 20.3 Å². The molecule has 1 unspecified atom stereocenters. The lowest BCUT2D eigenvalue weighted by Gasteiger charge is -2.06. The number of ether oxygens (including phenoxy) is 1. The van der Waals surface area contributed by atoms with Gasteiger partial charge >= 0.3 is 5.97 Å². The van der Waals surface area contributed by atoms with Gasteiger partial charge < -0.3 is 9.15 Å². The molecule has 8 heteroatoms. The summed E-state index contributed by atoms with van der Waals surface area (Å²) in [6.07, 6.45) is 0. The molecule has 0 aliphatic heterocycles. The molecule has 0 bridgehead atoms. The van der Waals surface area contributed by atoms with Crippen LogP contribution in [0.25, 0.3) is 10.8 Å². The van der Waals surface area contributed by atoms with Crippen LogP contribution in [-0.2, 0) is 15.3 Å².